The van der Waals surface area contributed by atoms with E-state index in [4.69, 9.17) is 0 Å². The van der Waals surface area contributed by atoms with Crippen molar-refractivity contribution < 1.29 is 0 Å². The predicted molar refractivity (Wildman–Crippen MR) is 96.9 cm³/mol. The molecule has 114 valence electrons. The van der Waals surface area contributed by atoms with Gasteiger partial charge in [0.25, 0.3) is 0 Å². The van der Waals surface area contributed by atoms with E-state index in [9.17, 15) is 0 Å². The highest BCUT2D eigenvalue weighted by Gasteiger charge is 2.05. The summed E-state index contributed by atoms with van der Waals surface area (Å²) in [6.45, 7) is 8.36. The van der Waals surface area contributed by atoms with Crippen LogP contribution in [0.2, 0.25) is 0 Å². The van der Waals surface area contributed by atoms with Crippen molar-refractivity contribution in [1.29, 1.82) is 0 Å². The van der Waals surface area contributed by atoms with Crippen LogP contribution in [0, 0.1) is 27.7 Å². The topological polar surface area (TPSA) is 28.0 Å². The van der Waals surface area contributed by atoms with Crippen LogP contribution in [-0.4, -0.2) is 19.7 Å². The quantitative estimate of drug-likeness (QED) is 0.591. The highest BCUT2D eigenvalue weighted by molar-refractivity contribution is 6.01. The Balaban J connectivity index is 2.34. The van der Waals surface area contributed by atoms with E-state index < -0.39 is 0 Å². The van der Waals surface area contributed by atoms with Gasteiger partial charge in [-0.15, -0.1) is 0 Å². The minimum atomic E-state index is 0.977. The van der Waals surface area contributed by atoms with Crippen molar-refractivity contribution in [3.8, 4) is 0 Å². The maximum atomic E-state index is 4.62. The zero-order valence-electron chi connectivity index (χ0n) is 14.0. The van der Waals surface area contributed by atoms with E-state index in [2.05, 4.69) is 68.0 Å². The molecule has 0 atom stereocenters. The van der Waals surface area contributed by atoms with Crippen LogP contribution in [0.4, 0.5) is 11.4 Å². The minimum Gasteiger partial charge on any atom is -0.291 e. The molecule has 0 spiro atoms. The number of hydrogen-bond acceptors (Lipinski definition) is 2. The fourth-order valence-electron chi connectivity index (χ4n) is 2.45. The van der Waals surface area contributed by atoms with Crippen LogP contribution in [-0.2, 0) is 0 Å². The van der Waals surface area contributed by atoms with Gasteiger partial charge in [-0.3, -0.25) is 9.89 Å². The van der Waals surface area contributed by atoms with Crippen LogP contribution < -0.4 is 4.90 Å². The average molecular weight is 293 g/mol. The van der Waals surface area contributed by atoms with Crippen LogP contribution in [0.5, 0.6) is 0 Å². The molecule has 0 N–H and O–H groups in total. The third kappa shape index (κ3) is 3.82. The number of hydrogen-bond donors (Lipinski definition) is 0. The minimum absolute atomic E-state index is 0.977. The van der Waals surface area contributed by atoms with Gasteiger partial charge >= 0.3 is 0 Å². The van der Waals surface area contributed by atoms with Crippen molar-refractivity contribution in [3.05, 3.63) is 58.7 Å². The Labute approximate surface area is 133 Å². The summed E-state index contributed by atoms with van der Waals surface area (Å²) in [4.78, 5) is 10.7. The number of anilines is 1. The van der Waals surface area contributed by atoms with Crippen molar-refractivity contribution in [2.24, 2.45) is 9.98 Å². The molecular formula is C19H23N3. The zero-order valence-corrected chi connectivity index (χ0v) is 14.0. The number of benzene rings is 2. The summed E-state index contributed by atoms with van der Waals surface area (Å²) >= 11 is 0. The maximum Gasteiger partial charge on any atom is 0.101 e. The molecule has 0 aliphatic heterocycles. The van der Waals surface area contributed by atoms with Crippen LogP contribution in [0.15, 0.2) is 46.4 Å². The monoisotopic (exact) mass is 293 g/mol. The Kier molecular flexibility index (Phi) is 5.10. The van der Waals surface area contributed by atoms with Gasteiger partial charge < -0.3 is 0 Å². The summed E-state index contributed by atoms with van der Waals surface area (Å²) in [6.07, 6.45) is 3.60. The number of nitrogens with zero attached hydrogens (tertiary/aromatic N) is 3. The molecule has 0 unspecified atom stereocenters. The van der Waals surface area contributed by atoms with E-state index in [0.29, 0.717) is 0 Å². The van der Waals surface area contributed by atoms with Crippen molar-refractivity contribution in [2.75, 3.05) is 11.9 Å². The highest BCUT2D eigenvalue weighted by Crippen LogP contribution is 2.22. The van der Waals surface area contributed by atoms with Gasteiger partial charge in [-0.2, -0.15) is 0 Å². The van der Waals surface area contributed by atoms with Gasteiger partial charge in [-0.25, -0.2) is 4.99 Å². The molecule has 0 aliphatic carbocycles. The molecule has 0 saturated heterocycles. The Morgan fingerprint density at radius 2 is 1.45 bits per heavy atom. The van der Waals surface area contributed by atoms with E-state index in [1.54, 1.807) is 13.4 Å². The fourth-order valence-corrected chi connectivity index (χ4v) is 2.45. The van der Waals surface area contributed by atoms with Gasteiger partial charge in [-0.05, 0) is 51.0 Å². The molecule has 3 heteroatoms. The maximum absolute atomic E-state index is 4.62. The van der Waals surface area contributed by atoms with Crippen molar-refractivity contribution in [3.63, 3.8) is 0 Å². The molecule has 0 amide bonds. The van der Waals surface area contributed by atoms with Crippen molar-refractivity contribution in [1.82, 2.24) is 0 Å². The smallest absolute Gasteiger partial charge is 0.101 e. The third-order valence-electron chi connectivity index (χ3n) is 3.54. The third-order valence-corrected chi connectivity index (χ3v) is 3.54. The molecule has 2 rings (SSSR count). The number of aryl methyl sites for hydroxylation is 4. The Bertz CT molecular complexity index is 715. The van der Waals surface area contributed by atoms with E-state index in [0.717, 1.165) is 11.4 Å². The van der Waals surface area contributed by atoms with E-state index in [-0.39, 0.29) is 0 Å². The molecule has 0 heterocycles. The van der Waals surface area contributed by atoms with Crippen molar-refractivity contribution in [2.45, 2.75) is 27.7 Å². The lowest BCUT2D eigenvalue weighted by Crippen LogP contribution is -2.19. The summed E-state index contributed by atoms with van der Waals surface area (Å²) in [7, 11) is 1.77. The van der Waals surface area contributed by atoms with Crippen LogP contribution in [0.1, 0.15) is 22.3 Å². The molecular weight excluding hydrogens is 270 g/mol. The molecule has 2 aromatic rings. The average Bonchev–Trinajstić information content (AvgIpc) is 2.45. The molecule has 0 aromatic heterocycles. The lowest BCUT2D eigenvalue weighted by molar-refractivity contribution is 1.30. The Morgan fingerprint density at radius 3 is 2.05 bits per heavy atom. The van der Waals surface area contributed by atoms with Gasteiger partial charge in [0.15, 0.2) is 0 Å². The Hall–Kier alpha value is -2.42. The SMILES string of the molecule is CN=CN(C=Nc1ccc(C)cc1C)c1ccc(C)cc1C. The highest BCUT2D eigenvalue weighted by atomic mass is 15.2. The summed E-state index contributed by atoms with van der Waals surface area (Å²) in [5.41, 5.74) is 6.94. The summed E-state index contributed by atoms with van der Waals surface area (Å²) in [5.74, 6) is 0. The van der Waals surface area contributed by atoms with E-state index in [1.165, 1.54) is 22.3 Å². The zero-order chi connectivity index (χ0) is 16.1. The summed E-state index contributed by atoms with van der Waals surface area (Å²) < 4.78 is 0. The van der Waals surface area contributed by atoms with Crippen LogP contribution >= 0.6 is 0 Å². The normalized spacial score (nSPS) is 11.5. The number of rotatable bonds is 4. The summed E-state index contributed by atoms with van der Waals surface area (Å²) in [5, 5.41) is 0. The van der Waals surface area contributed by atoms with Crippen LogP contribution in [0.25, 0.3) is 0 Å². The van der Waals surface area contributed by atoms with E-state index >= 15 is 0 Å². The molecule has 0 saturated carbocycles. The first-order valence-electron chi connectivity index (χ1n) is 7.40. The largest absolute Gasteiger partial charge is 0.291 e. The molecule has 2 aromatic carbocycles. The molecule has 0 aliphatic rings. The lowest BCUT2D eigenvalue weighted by Gasteiger charge is -2.17. The van der Waals surface area contributed by atoms with E-state index in [1.807, 2.05) is 17.3 Å². The predicted octanol–water partition coefficient (Wildman–Crippen LogP) is 4.74. The molecule has 3 nitrogen and oxygen atoms in total. The molecule has 22 heavy (non-hydrogen) atoms. The number of aliphatic imine (C=N–C) groups is 2. The fraction of sp³-hybridized carbons (Fsp3) is 0.263. The lowest BCUT2D eigenvalue weighted by atomic mass is 10.1. The molecule has 0 radical (unpaired) electrons. The second-order valence-electron chi connectivity index (χ2n) is 5.61. The standard InChI is InChI=1S/C19H23N3/c1-14-6-8-18(16(3)10-14)21-13-22(12-20-5)19-9-7-15(2)11-17(19)4/h6-13H,1-5H3. The van der Waals surface area contributed by atoms with Gasteiger partial charge in [0.05, 0.1) is 17.7 Å². The van der Waals surface area contributed by atoms with Gasteiger partial charge in [0.1, 0.15) is 6.34 Å². The first-order chi connectivity index (χ1) is 10.5. The van der Waals surface area contributed by atoms with Crippen molar-refractivity contribution >= 4 is 24.1 Å². The van der Waals surface area contributed by atoms with Gasteiger partial charge in [-0.1, -0.05) is 35.4 Å². The van der Waals surface area contributed by atoms with Crippen LogP contribution in [0.3, 0.4) is 0 Å². The first-order valence-corrected chi connectivity index (χ1v) is 7.40. The molecule has 0 fully saturated rings. The van der Waals surface area contributed by atoms with Gasteiger partial charge in [0.2, 0.25) is 0 Å². The second kappa shape index (κ2) is 7.03. The summed E-state index contributed by atoms with van der Waals surface area (Å²) in [6, 6.07) is 12.6. The molecule has 0 bridgehead atoms. The Morgan fingerprint density at radius 1 is 0.818 bits per heavy atom. The first kappa shape index (κ1) is 16.0. The van der Waals surface area contributed by atoms with Gasteiger partial charge in [0, 0.05) is 7.05 Å². The second-order valence-corrected chi connectivity index (χ2v) is 5.61.